The minimum atomic E-state index is -0.484. The van der Waals surface area contributed by atoms with Crippen molar-refractivity contribution in [2.45, 2.75) is 51.9 Å². The van der Waals surface area contributed by atoms with Crippen LogP contribution < -0.4 is 15.0 Å². The molecule has 0 spiro atoms. The number of fused-ring (bicyclic) bond motifs is 1. The highest BCUT2D eigenvalue weighted by Gasteiger charge is 2.52. The number of nitrogens with one attached hydrogen (secondary N) is 1. The highest BCUT2D eigenvalue weighted by molar-refractivity contribution is 7.24. The van der Waals surface area contributed by atoms with Crippen LogP contribution in [0, 0.1) is 0 Å². The van der Waals surface area contributed by atoms with E-state index in [1.165, 1.54) is 11.3 Å². The predicted octanol–water partition coefficient (Wildman–Crippen LogP) is 4.01. The van der Waals surface area contributed by atoms with Crippen molar-refractivity contribution >= 4 is 46.4 Å². The van der Waals surface area contributed by atoms with Gasteiger partial charge >= 0.3 is 7.12 Å². The van der Waals surface area contributed by atoms with E-state index < -0.39 is 18.3 Å². The van der Waals surface area contributed by atoms with Crippen molar-refractivity contribution in [1.82, 2.24) is 5.32 Å². The van der Waals surface area contributed by atoms with Crippen LogP contribution in [0.25, 0.3) is 0 Å². The number of carbonyl (C=O) groups is 1. The van der Waals surface area contributed by atoms with E-state index in [9.17, 15) is 4.79 Å². The number of halogens is 1. The van der Waals surface area contributed by atoms with Gasteiger partial charge in [-0.25, -0.2) is 0 Å². The summed E-state index contributed by atoms with van der Waals surface area (Å²) in [5.74, 6) is -0.0541. The first kappa shape index (κ1) is 20.7. The Morgan fingerprint density at radius 1 is 1.21 bits per heavy atom. The van der Waals surface area contributed by atoms with Gasteiger partial charge in [0.05, 0.1) is 22.9 Å². The van der Waals surface area contributed by atoms with Crippen molar-refractivity contribution < 1.29 is 14.1 Å². The third-order valence-corrected chi connectivity index (χ3v) is 7.68. The van der Waals surface area contributed by atoms with Gasteiger partial charge in [0.1, 0.15) is 4.88 Å². The third-order valence-electron chi connectivity index (χ3n) is 6.19. The number of rotatable bonds is 3. The Morgan fingerprint density at radius 2 is 1.86 bits per heavy atom. The summed E-state index contributed by atoms with van der Waals surface area (Å²) in [5, 5.41) is 3.73. The molecule has 4 rings (SSSR count). The molecule has 0 saturated carbocycles. The number of thiophene rings is 1. The average Bonchev–Trinajstić information content (AvgIpc) is 3.12. The van der Waals surface area contributed by atoms with Gasteiger partial charge in [-0.3, -0.25) is 4.79 Å². The predicted molar refractivity (Wildman–Crippen MR) is 120 cm³/mol. The van der Waals surface area contributed by atoms with Crippen LogP contribution in [-0.4, -0.2) is 37.3 Å². The van der Waals surface area contributed by atoms with Crippen LogP contribution in [-0.2, 0) is 9.31 Å². The van der Waals surface area contributed by atoms with E-state index in [4.69, 9.17) is 20.9 Å². The Labute approximate surface area is 181 Å². The Kier molecular flexibility index (Phi) is 5.22. The number of anilines is 1. The molecule has 0 bridgehead atoms. The van der Waals surface area contributed by atoms with Gasteiger partial charge in [-0.1, -0.05) is 29.8 Å². The summed E-state index contributed by atoms with van der Waals surface area (Å²) in [6.07, 6.45) is 0. The second-order valence-electron chi connectivity index (χ2n) is 8.60. The number of nitrogens with zero attached hydrogens (tertiary/aromatic N) is 1. The molecule has 5 nitrogen and oxygen atoms in total. The van der Waals surface area contributed by atoms with Gasteiger partial charge in [0.15, 0.2) is 0 Å². The van der Waals surface area contributed by atoms with Crippen molar-refractivity contribution in [2.24, 2.45) is 0 Å². The molecule has 29 heavy (non-hydrogen) atoms. The quantitative estimate of drug-likeness (QED) is 0.745. The molecule has 2 aliphatic heterocycles. The Hall–Kier alpha value is -1.54. The molecule has 2 aromatic rings. The second-order valence-corrected chi connectivity index (χ2v) is 10.1. The number of hydrogen-bond acceptors (Lipinski definition) is 5. The van der Waals surface area contributed by atoms with Crippen molar-refractivity contribution in [3.05, 3.63) is 45.8 Å². The van der Waals surface area contributed by atoms with Crippen molar-refractivity contribution in [3.8, 4) is 0 Å². The van der Waals surface area contributed by atoms with Gasteiger partial charge in [-0.05, 0) is 52.3 Å². The van der Waals surface area contributed by atoms with Crippen LogP contribution in [0.2, 0.25) is 5.02 Å². The third kappa shape index (κ3) is 3.59. The fourth-order valence-corrected chi connectivity index (χ4v) is 5.06. The SMILES string of the molecule is CC(c1ccccc1Cl)N1CCNC(=O)c2sc(B3OC(C)(C)C(C)(C)O3)cc21. The summed E-state index contributed by atoms with van der Waals surface area (Å²) in [5.41, 5.74) is 1.09. The van der Waals surface area contributed by atoms with Crippen LogP contribution in [0.4, 0.5) is 5.69 Å². The minimum Gasteiger partial charge on any atom is -0.399 e. The summed E-state index contributed by atoms with van der Waals surface area (Å²) < 4.78 is 13.3. The first-order valence-corrected chi connectivity index (χ1v) is 11.1. The van der Waals surface area contributed by atoms with Crippen molar-refractivity contribution in [2.75, 3.05) is 18.0 Å². The van der Waals surface area contributed by atoms with E-state index in [1.807, 2.05) is 58.0 Å². The number of carbonyl (C=O) groups excluding carboxylic acids is 1. The molecule has 1 amide bonds. The molecule has 2 aliphatic rings. The first-order chi connectivity index (χ1) is 13.6. The molecule has 1 fully saturated rings. The van der Waals surface area contributed by atoms with E-state index in [0.29, 0.717) is 18.0 Å². The maximum Gasteiger partial charge on any atom is 0.505 e. The van der Waals surface area contributed by atoms with Gasteiger partial charge < -0.3 is 19.5 Å². The van der Waals surface area contributed by atoms with E-state index in [0.717, 1.165) is 21.0 Å². The molecule has 1 aromatic carbocycles. The Morgan fingerprint density at radius 3 is 2.52 bits per heavy atom. The molecule has 0 aliphatic carbocycles. The van der Waals surface area contributed by atoms with Crippen molar-refractivity contribution in [1.29, 1.82) is 0 Å². The second kappa shape index (κ2) is 7.31. The molecule has 3 heterocycles. The van der Waals surface area contributed by atoms with Crippen molar-refractivity contribution in [3.63, 3.8) is 0 Å². The van der Waals surface area contributed by atoms with Crippen LogP contribution in [0.3, 0.4) is 0 Å². The summed E-state index contributed by atoms with van der Waals surface area (Å²) in [6.45, 7) is 11.5. The highest BCUT2D eigenvalue weighted by Crippen LogP contribution is 2.39. The fraction of sp³-hybridized carbons (Fsp3) is 0.476. The van der Waals surface area contributed by atoms with E-state index in [1.54, 1.807) is 0 Å². The van der Waals surface area contributed by atoms with Gasteiger partial charge in [-0.15, -0.1) is 11.3 Å². The largest absolute Gasteiger partial charge is 0.505 e. The van der Waals surface area contributed by atoms with E-state index in [-0.39, 0.29) is 11.9 Å². The lowest BCUT2D eigenvalue weighted by Crippen LogP contribution is -2.41. The molecule has 154 valence electrons. The molecule has 1 aromatic heterocycles. The summed E-state index contributed by atoms with van der Waals surface area (Å²) in [4.78, 5) is 15.6. The monoisotopic (exact) mass is 432 g/mol. The smallest absolute Gasteiger partial charge is 0.399 e. The number of amides is 1. The summed E-state index contributed by atoms with van der Waals surface area (Å²) in [7, 11) is -0.484. The number of benzene rings is 1. The first-order valence-electron chi connectivity index (χ1n) is 9.89. The molecular weight excluding hydrogens is 407 g/mol. The minimum absolute atomic E-state index is 0.0240. The lowest BCUT2D eigenvalue weighted by atomic mass is 9.87. The standard InChI is InChI=1S/C21H26BClN2O3S/c1-13(14-8-6-7-9-15(14)23)25-11-10-24-19(26)18-16(25)12-17(29-18)22-27-20(2,3)21(4,5)28-22/h6-9,12-13H,10-11H2,1-5H3,(H,24,26). The molecule has 1 N–H and O–H groups in total. The maximum atomic E-state index is 12.7. The van der Waals surface area contributed by atoms with E-state index >= 15 is 0 Å². The van der Waals surface area contributed by atoms with Gasteiger partial charge in [0.2, 0.25) is 0 Å². The zero-order chi connectivity index (χ0) is 21.0. The summed E-state index contributed by atoms with van der Waals surface area (Å²) >= 11 is 7.90. The summed E-state index contributed by atoms with van der Waals surface area (Å²) in [6, 6.07) is 9.92. The van der Waals surface area contributed by atoms with Gasteiger partial charge in [0.25, 0.3) is 5.91 Å². The Balaban J connectivity index is 1.72. The molecular formula is C21H26BClN2O3S. The van der Waals surface area contributed by atoms with Gasteiger partial charge in [-0.2, -0.15) is 0 Å². The normalized spacial score (nSPS) is 21.5. The van der Waals surface area contributed by atoms with Crippen LogP contribution in [0.1, 0.15) is 55.9 Å². The molecule has 1 saturated heterocycles. The molecule has 1 atom stereocenters. The number of hydrogen-bond donors (Lipinski definition) is 1. The fourth-order valence-electron chi connectivity index (χ4n) is 3.73. The topological polar surface area (TPSA) is 50.8 Å². The van der Waals surface area contributed by atoms with Crippen LogP contribution in [0.5, 0.6) is 0 Å². The van der Waals surface area contributed by atoms with E-state index in [2.05, 4.69) is 17.1 Å². The lowest BCUT2D eigenvalue weighted by molar-refractivity contribution is 0.00578. The van der Waals surface area contributed by atoms with Gasteiger partial charge in [0, 0.05) is 22.9 Å². The zero-order valence-corrected chi connectivity index (χ0v) is 19.0. The molecule has 8 heteroatoms. The maximum absolute atomic E-state index is 12.7. The average molecular weight is 433 g/mol. The zero-order valence-electron chi connectivity index (χ0n) is 17.4. The van der Waals surface area contributed by atoms with Crippen LogP contribution >= 0.6 is 22.9 Å². The highest BCUT2D eigenvalue weighted by atomic mass is 35.5. The Bertz CT molecular complexity index is 930. The van der Waals surface area contributed by atoms with Crippen LogP contribution in [0.15, 0.2) is 30.3 Å². The molecule has 1 unspecified atom stereocenters. The lowest BCUT2D eigenvalue weighted by Gasteiger charge is -2.32. The molecule has 0 radical (unpaired) electrons.